The van der Waals surface area contributed by atoms with Crippen LogP contribution in [0.3, 0.4) is 0 Å². The van der Waals surface area contributed by atoms with E-state index in [1.54, 1.807) is 0 Å². The fraction of sp³-hybridized carbons (Fsp3) is 0. The molecule has 5 heterocycles. The Kier molecular flexibility index (Phi) is 5.06. The molecular weight excluding hydrogens is 649 g/mol. The minimum absolute atomic E-state index is 0.771. The highest BCUT2D eigenvalue weighted by molar-refractivity contribution is 6.31. The summed E-state index contributed by atoms with van der Waals surface area (Å²) in [6.45, 7) is 0. The molecule has 0 aliphatic carbocycles. The highest BCUT2D eigenvalue weighted by Crippen LogP contribution is 2.46. The zero-order chi connectivity index (χ0) is 34.4. The van der Waals surface area contributed by atoms with Gasteiger partial charge in [-0.05, 0) is 53.2 Å². The van der Waals surface area contributed by atoms with Gasteiger partial charge in [-0.25, -0.2) is 9.97 Å². The first-order valence-corrected chi connectivity index (χ1v) is 18.0. The molecule has 0 bridgehead atoms. The topological polar surface area (TPSA) is 48.3 Å². The first-order chi connectivity index (χ1) is 26.3. The zero-order valence-corrected chi connectivity index (χ0v) is 28.2. The summed E-state index contributed by atoms with van der Waals surface area (Å²) in [4.78, 5) is 11.2. The number of para-hydroxylation sites is 4. The fourth-order valence-electron chi connectivity index (χ4n) is 9.27. The second-order valence-corrected chi connectivity index (χ2v) is 14.1. The molecule has 53 heavy (non-hydrogen) atoms. The maximum absolute atomic E-state index is 6.66. The standard InChI is InChI=1S/C48H26N4O/c1-2-12-28-27(11-1)25-26-36-44(28)50-48(45(49-36)35-19-8-18-34-30-14-4-6-24-41(30)53-47(34)35)52-38-21-9-15-31-33-17-7-16-32-29-13-3-5-20-37(29)51(46(32)33)39-22-10-23-40(52)43(39)42(31)38/h1-26H. The molecule has 0 atom stereocenters. The van der Waals surface area contributed by atoms with Crippen LogP contribution in [0.5, 0.6) is 0 Å². The van der Waals surface area contributed by atoms with Crippen LogP contribution in [0.4, 0.5) is 0 Å². The number of hydrogen-bond acceptors (Lipinski definition) is 3. The van der Waals surface area contributed by atoms with Crippen molar-refractivity contribution >= 4 is 104 Å². The van der Waals surface area contributed by atoms with Crippen LogP contribution in [0, 0.1) is 0 Å². The first kappa shape index (κ1) is 27.5. The molecule has 0 spiro atoms. The molecule has 0 saturated heterocycles. The van der Waals surface area contributed by atoms with Gasteiger partial charge in [-0.15, -0.1) is 0 Å². The Morgan fingerprint density at radius 2 is 1.08 bits per heavy atom. The molecule has 0 unspecified atom stereocenters. The van der Waals surface area contributed by atoms with Gasteiger partial charge in [-0.3, -0.25) is 4.57 Å². The SMILES string of the molecule is c1ccc2c(c1)ccc1nc(-c3cccc4c3oc3ccccc34)c(-n3c4cccc5c6cccc7c8ccccc8n(c8cccc3c8c54)c67)nc12. The van der Waals surface area contributed by atoms with Gasteiger partial charge in [0.2, 0.25) is 0 Å². The predicted octanol–water partition coefficient (Wildman–Crippen LogP) is 12.6. The summed E-state index contributed by atoms with van der Waals surface area (Å²) in [7, 11) is 0. The maximum Gasteiger partial charge on any atom is 0.165 e. The lowest BCUT2D eigenvalue weighted by Crippen LogP contribution is -2.04. The molecule has 0 aliphatic rings. The molecule has 0 fully saturated rings. The third-order valence-corrected chi connectivity index (χ3v) is 11.4. The highest BCUT2D eigenvalue weighted by atomic mass is 16.3. The average molecular weight is 675 g/mol. The van der Waals surface area contributed by atoms with Gasteiger partial charge in [0.05, 0.1) is 38.6 Å². The van der Waals surface area contributed by atoms with Gasteiger partial charge in [0.15, 0.2) is 5.82 Å². The summed E-state index contributed by atoms with van der Waals surface area (Å²) in [5, 5.41) is 11.7. The van der Waals surface area contributed by atoms with Crippen molar-refractivity contribution < 1.29 is 4.42 Å². The van der Waals surface area contributed by atoms with E-state index in [-0.39, 0.29) is 0 Å². The number of benzene rings is 8. The van der Waals surface area contributed by atoms with Gasteiger partial charge in [-0.1, -0.05) is 115 Å². The van der Waals surface area contributed by atoms with Crippen LogP contribution in [0.2, 0.25) is 0 Å². The van der Waals surface area contributed by atoms with Crippen molar-refractivity contribution in [1.82, 2.24) is 18.9 Å². The summed E-state index contributed by atoms with van der Waals surface area (Å²) < 4.78 is 11.5. The molecule has 0 N–H and O–H groups in total. The van der Waals surface area contributed by atoms with Crippen molar-refractivity contribution in [2.24, 2.45) is 0 Å². The van der Waals surface area contributed by atoms with E-state index in [0.717, 1.165) is 77.4 Å². The van der Waals surface area contributed by atoms with E-state index in [2.05, 4.69) is 155 Å². The van der Waals surface area contributed by atoms with E-state index in [1.807, 2.05) is 12.1 Å². The van der Waals surface area contributed by atoms with Gasteiger partial charge in [0.1, 0.15) is 16.9 Å². The first-order valence-electron chi connectivity index (χ1n) is 18.0. The van der Waals surface area contributed by atoms with Crippen LogP contribution in [0.15, 0.2) is 162 Å². The molecule has 13 rings (SSSR count). The fourth-order valence-corrected chi connectivity index (χ4v) is 9.27. The summed E-state index contributed by atoms with van der Waals surface area (Å²) >= 11 is 0. The zero-order valence-electron chi connectivity index (χ0n) is 28.2. The number of rotatable bonds is 2. The normalized spacial score (nSPS) is 12.5. The highest BCUT2D eigenvalue weighted by Gasteiger charge is 2.26. The third-order valence-electron chi connectivity index (χ3n) is 11.4. The Labute approximate surface area is 300 Å². The van der Waals surface area contributed by atoms with E-state index in [9.17, 15) is 0 Å². The minimum Gasteiger partial charge on any atom is -0.455 e. The van der Waals surface area contributed by atoms with Crippen LogP contribution in [-0.4, -0.2) is 18.9 Å². The van der Waals surface area contributed by atoms with Crippen molar-refractivity contribution in [3.8, 4) is 17.1 Å². The molecule has 5 aromatic heterocycles. The van der Waals surface area contributed by atoms with E-state index in [1.165, 1.54) is 43.4 Å². The summed E-state index contributed by atoms with van der Waals surface area (Å²) in [5.74, 6) is 0.771. The number of hydrogen-bond donors (Lipinski definition) is 0. The monoisotopic (exact) mass is 674 g/mol. The number of fused-ring (bicyclic) bond motifs is 11. The van der Waals surface area contributed by atoms with Crippen LogP contribution >= 0.6 is 0 Å². The second-order valence-electron chi connectivity index (χ2n) is 14.1. The molecule has 5 nitrogen and oxygen atoms in total. The van der Waals surface area contributed by atoms with Crippen molar-refractivity contribution in [2.45, 2.75) is 0 Å². The van der Waals surface area contributed by atoms with Gasteiger partial charge < -0.3 is 8.82 Å². The van der Waals surface area contributed by atoms with Gasteiger partial charge >= 0.3 is 0 Å². The lowest BCUT2D eigenvalue weighted by Gasteiger charge is -2.15. The number of furan rings is 1. The largest absolute Gasteiger partial charge is 0.455 e. The Morgan fingerprint density at radius 1 is 0.434 bits per heavy atom. The molecule has 0 amide bonds. The molecule has 0 aliphatic heterocycles. The van der Waals surface area contributed by atoms with Crippen molar-refractivity contribution in [3.63, 3.8) is 0 Å². The van der Waals surface area contributed by atoms with Crippen molar-refractivity contribution in [3.05, 3.63) is 158 Å². The molecular formula is C48H26N4O. The molecule has 5 heteroatoms. The molecule has 8 aromatic carbocycles. The number of nitrogens with zero attached hydrogens (tertiary/aromatic N) is 4. The smallest absolute Gasteiger partial charge is 0.165 e. The van der Waals surface area contributed by atoms with Gasteiger partial charge in [-0.2, -0.15) is 0 Å². The molecule has 244 valence electrons. The summed E-state index contributed by atoms with van der Waals surface area (Å²) in [6.07, 6.45) is 0. The van der Waals surface area contributed by atoms with Crippen LogP contribution < -0.4 is 0 Å². The summed E-state index contributed by atoms with van der Waals surface area (Å²) in [5.41, 5.74) is 10.8. The van der Waals surface area contributed by atoms with Gasteiger partial charge in [0, 0.05) is 48.7 Å². The molecule has 0 radical (unpaired) electrons. The van der Waals surface area contributed by atoms with Crippen LogP contribution in [0.25, 0.3) is 121 Å². The van der Waals surface area contributed by atoms with E-state index in [4.69, 9.17) is 14.4 Å². The third kappa shape index (κ3) is 3.42. The lowest BCUT2D eigenvalue weighted by atomic mass is 10.0. The van der Waals surface area contributed by atoms with Crippen LogP contribution in [0.1, 0.15) is 0 Å². The van der Waals surface area contributed by atoms with Crippen LogP contribution in [-0.2, 0) is 0 Å². The van der Waals surface area contributed by atoms with E-state index < -0.39 is 0 Å². The second kappa shape index (κ2) is 9.75. The Morgan fingerprint density at radius 3 is 2.00 bits per heavy atom. The lowest BCUT2D eigenvalue weighted by molar-refractivity contribution is 0.669. The van der Waals surface area contributed by atoms with E-state index in [0.29, 0.717) is 0 Å². The van der Waals surface area contributed by atoms with Crippen molar-refractivity contribution in [2.75, 3.05) is 0 Å². The van der Waals surface area contributed by atoms with Crippen molar-refractivity contribution in [1.29, 1.82) is 0 Å². The number of aromatic nitrogens is 4. The average Bonchev–Trinajstić information content (AvgIpc) is 3.85. The quantitative estimate of drug-likeness (QED) is 0.172. The Bertz CT molecular complexity index is 3700. The van der Waals surface area contributed by atoms with E-state index >= 15 is 0 Å². The minimum atomic E-state index is 0.771. The predicted molar refractivity (Wildman–Crippen MR) is 219 cm³/mol. The Balaban J connectivity index is 1.26. The molecule has 0 saturated carbocycles. The Hall–Kier alpha value is -7.24. The maximum atomic E-state index is 6.66. The molecule has 13 aromatic rings. The summed E-state index contributed by atoms with van der Waals surface area (Å²) in [6, 6.07) is 56.2. The van der Waals surface area contributed by atoms with Gasteiger partial charge in [0.25, 0.3) is 0 Å².